The average Bonchev–Trinajstić information content (AvgIpc) is 2.89. The van der Waals surface area contributed by atoms with Gasteiger partial charge in [-0.25, -0.2) is 0 Å². The summed E-state index contributed by atoms with van der Waals surface area (Å²) in [6.07, 6.45) is 0. The van der Waals surface area contributed by atoms with E-state index < -0.39 is 4.92 Å². The second-order valence-electron chi connectivity index (χ2n) is 4.65. The van der Waals surface area contributed by atoms with Gasteiger partial charge in [-0.05, 0) is 60.2 Å². The Hall–Kier alpha value is -1.84. The minimum atomic E-state index is -0.428. The number of hydrogen-bond acceptors (Lipinski definition) is 5. The molecule has 0 saturated carbocycles. The van der Waals surface area contributed by atoms with Crippen molar-refractivity contribution in [3.8, 4) is 0 Å². The Morgan fingerprint density at radius 2 is 2.04 bits per heavy atom. The molecule has 0 amide bonds. The summed E-state index contributed by atoms with van der Waals surface area (Å²) in [7, 11) is 0. The lowest BCUT2D eigenvalue weighted by Gasteiger charge is -2.07. The van der Waals surface area contributed by atoms with Crippen LogP contribution in [0.5, 0.6) is 0 Å². The third kappa shape index (κ3) is 4.81. The second-order valence-corrected chi connectivity index (χ2v) is 6.94. The molecular weight excluding hydrogens is 400 g/mol. The van der Waals surface area contributed by atoms with Crippen LogP contribution in [0.2, 0.25) is 0 Å². The number of nitro groups is 1. The molecule has 0 bridgehead atoms. The van der Waals surface area contributed by atoms with E-state index in [0.717, 1.165) is 22.6 Å². The van der Waals surface area contributed by atoms with Crippen molar-refractivity contribution >= 4 is 61.0 Å². The molecule has 0 unspecified atom stereocenters. The zero-order valence-corrected chi connectivity index (χ0v) is 15.5. The van der Waals surface area contributed by atoms with E-state index in [2.05, 4.69) is 31.8 Å². The van der Waals surface area contributed by atoms with E-state index >= 15 is 0 Å². The number of nitrogens with one attached hydrogen (secondary N) is 2. The van der Waals surface area contributed by atoms with Crippen LogP contribution in [0.1, 0.15) is 17.4 Å². The molecular formula is C14H13BrN4O2S2. The van der Waals surface area contributed by atoms with E-state index in [-0.39, 0.29) is 5.00 Å². The number of hydrogen-bond donors (Lipinski definition) is 2. The van der Waals surface area contributed by atoms with Crippen molar-refractivity contribution in [1.29, 1.82) is 0 Å². The van der Waals surface area contributed by atoms with E-state index in [1.807, 2.05) is 31.2 Å². The van der Waals surface area contributed by atoms with Gasteiger partial charge in [0.05, 0.1) is 15.5 Å². The quantitative estimate of drug-likeness (QED) is 0.335. The van der Waals surface area contributed by atoms with Gasteiger partial charge in [0.2, 0.25) is 0 Å². The SMILES string of the molecule is CC(=NNC(=S)Nc1ccc(C)cc1)c1cc(Br)c([N+](=O)[O-])s1. The number of rotatable bonds is 4. The monoisotopic (exact) mass is 412 g/mol. The smallest absolute Gasteiger partial charge is 0.331 e. The normalized spacial score (nSPS) is 11.2. The van der Waals surface area contributed by atoms with Crippen LogP contribution < -0.4 is 10.7 Å². The zero-order valence-electron chi connectivity index (χ0n) is 12.3. The largest absolute Gasteiger partial charge is 0.338 e. The fraction of sp³-hybridized carbons (Fsp3) is 0.143. The lowest BCUT2D eigenvalue weighted by Crippen LogP contribution is -2.24. The summed E-state index contributed by atoms with van der Waals surface area (Å²) >= 11 is 9.39. The van der Waals surface area contributed by atoms with Crippen LogP contribution in [-0.4, -0.2) is 15.7 Å². The van der Waals surface area contributed by atoms with Crippen LogP contribution >= 0.6 is 39.5 Å². The molecule has 0 spiro atoms. The Labute approximate surface area is 150 Å². The summed E-state index contributed by atoms with van der Waals surface area (Å²) in [5.41, 5.74) is 5.36. The number of nitrogens with zero attached hydrogens (tertiary/aromatic N) is 2. The van der Waals surface area contributed by atoms with Gasteiger partial charge >= 0.3 is 5.00 Å². The van der Waals surface area contributed by atoms with Crippen molar-refractivity contribution in [2.75, 3.05) is 5.32 Å². The van der Waals surface area contributed by atoms with Gasteiger partial charge in [0.25, 0.3) is 0 Å². The van der Waals surface area contributed by atoms with Crippen LogP contribution in [0, 0.1) is 17.0 Å². The van der Waals surface area contributed by atoms with Crippen molar-refractivity contribution < 1.29 is 4.92 Å². The highest BCUT2D eigenvalue weighted by atomic mass is 79.9. The summed E-state index contributed by atoms with van der Waals surface area (Å²) < 4.78 is 0.442. The van der Waals surface area contributed by atoms with Crippen LogP contribution in [0.15, 0.2) is 39.9 Å². The summed E-state index contributed by atoms with van der Waals surface area (Å²) in [5, 5.41) is 18.4. The maximum absolute atomic E-state index is 10.9. The van der Waals surface area contributed by atoms with Crippen molar-refractivity contribution in [1.82, 2.24) is 5.43 Å². The van der Waals surface area contributed by atoms with Gasteiger partial charge in [0.1, 0.15) is 4.47 Å². The fourth-order valence-corrected chi connectivity index (χ4v) is 3.39. The topological polar surface area (TPSA) is 79.6 Å². The number of benzene rings is 1. The summed E-state index contributed by atoms with van der Waals surface area (Å²) in [4.78, 5) is 11.1. The Bertz CT molecular complexity index is 772. The molecule has 120 valence electrons. The number of halogens is 1. The van der Waals surface area contributed by atoms with Crippen LogP contribution in [0.3, 0.4) is 0 Å². The van der Waals surface area contributed by atoms with Crippen LogP contribution in [-0.2, 0) is 0 Å². The van der Waals surface area contributed by atoms with Gasteiger partial charge in [-0.3, -0.25) is 15.5 Å². The molecule has 0 saturated heterocycles. The Balaban J connectivity index is 2.01. The summed E-state index contributed by atoms with van der Waals surface area (Å²) in [6.45, 7) is 3.76. The maximum Gasteiger partial charge on any atom is 0.338 e. The minimum Gasteiger partial charge on any atom is -0.331 e. The molecule has 2 N–H and O–H groups in total. The lowest BCUT2D eigenvalue weighted by atomic mass is 10.2. The third-order valence-electron chi connectivity index (χ3n) is 2.83. The highest BCUT2D eigenvalue weighted by Gasteiger charge is 2.18. The number of hydrazone groups is 1. The molecule has 1 aromatic heterocycles. The van der Waals surface area contributed by atoms with Crippen molar-refractivity contribution in [2.24, 2.45) is 5.10 Å². The first-order valence-electron chi connectivity index (χ1n) is 6.49. The molecule has 6 nitrogen and oxygen atoms in total. The second kappa shape index (κ2) is 7.62. The molecule has 0 aliphatic rings. The van der Waals surface area contributed by atoms with Gasteiger partial charge in [-0.15, -0.1) is 0 Å². The van der Waals surface area contributed by atoms with Crippen molar-refractivity contribution in [3.05, 3.63) is 55.4 Å². The molecule has 23 heavy (non-hydrogen) atoms. The maximum atomic E-state index is 10.9. The molecule has 0 radical (unpaired) electrons. The molecule has 9 heteroatoms. The van der Waals surface area contributed by atoms with E-state index in [4.69, 9.17) is 12.2 Å². The molecule has 2 rings (SSSR count). The first kappa shape index (κ1) is 17.5. The first-order valence-corrected chi connectivity index (χ1v) is 8.50. The predicted molar refractivity (Wildman–Crippen MR) is 101 cm³/mol. The first-order chi connectivity index (χ1) is 10.9. The Morgan fingerprint density at radius 1 is 1.39 bits per heavy atom. The number of aryl methyl sites for hydroxylation is 1. The van der Waals surface area contributed by atoms with Gasteiger partial charge in [0.15, 0.2) is 5.11 Å². The zero-order chi connectivity index (χ0) is 17.0. The van der Waals surface area contributed by atoms with Crippen molar-refractivity contribution in [3.63, 3.8) is 0 Å². The van der Waals surface area contributed by atoms with Gasteiger partial charge in [-0.1, -0.05) is 29.0 Å². The van der Waals surface area contributed by atoms with E-state index in [1.54, 1.807) is 13.0 Å². The Morgan fingerprint density at radius 3 is 2.61 bits per heavy atom. The fourth-order valence-electron chi connectivity index (χ4n) is 1.65. The summed E-state index contributed by atoms with van der Waals surface area (Å²) in [6, 6.07) is 9.45. The minimum absolute atomic E-state index is 0.0508. The van der Waals surface area contributed by atoms with Crippen LogP contribution in [0.4, 0.5) is 10.7 Å². The van der Waals surface area contributed by atoms with E-state index in [1.165, 1.54) is 0 Å². The number of thiophene rings is 1. The number of thiocarbonyl (C=S) groups is 1. The Kier molecular flexibility index (Phi) is 5.80. The number of anilines is 1. The molecule has 0 aliphatic heterocycles. The predicted octanol–water partition coefficient (Wildman–Crippen LogP) is 4.44. The average molecular weight is 413 g/mol. The van der Waals surface area contributed by atoms with Gasteiger partial charge < -0.3 is 5.32 Å². The van der Waals surface area contributed by atoms with Crippen molar-refractivity contribution in [2.45, 2.75) is 13.8 Å². The van der Waals surface area contributed by atoms with Crippen LogP contribution in [0.25, 0.3) is 0 Å². The van der Waals surface area contributed by atoms with E-state index in [9.17, 15) is 10.1 Å². The summed E-state index contributed by atoms with van der Waals surface area (Å²) in [5.74, 6) is 0. The molecule has 1 heterocycles. The van der Waals surface area contributed by atoms with Gasteiger partial charge in [-0.2, -0.15) is 5.10 Å². The third-order valence-corrected chi connectivity index (χ3v) is 5.08. The molecule has 2 aromatic rings. The highest BCUT2D eigenvalue weighted by Crippen LogP contribution is 2.34. The molecule has 0 fully saturated rings. The standard InChI is InChI=1S/C14H13BrN4O2S2/c1-8-3-5-10(6-4-8)16-14(22)18-17-9(2)12-7-11(15)13(23-12)19(20)21/h3-7H,1-2H3,(H2,16,18,22). The highest BCUT2D eigenvalue weighted by molar-refractivity contribution is 9.10. The van der Waals surface area contributed by atoms with Gasteiger partial charge in [0, 0.05) is 5.69 Å². The molecule has 1 aromatic carbocycles. The van der Waals surface area contributed by atoms with E-state index in [0.29, 0.717) is 20.2 Å². The molecule has 0 atom stereocenters. The molecule has 0 aliphatic carbocycles. The lowest BCUT2D eigenvalue weighted by molar-refractivity contribution is -0.380.